The molecule has 1 aromatic carbocycles. The first-order valence-electron chi connectivity index (χ1n) is 7.44. The zero-order chi connectivity index (χ0) is 15.2. The van der Waals surface area contributed by atoms with Gasteiger partial charge in [-0.15, -0.1) is 6.42 Å². The highest BCUT2D eigenvalue weighted by molar-refractivity contribution is 5.79. The predicted molar refractivity (Wildman–Crippen MR) is 88.1 cm³/mol. The predicted octanol–water partition coefficient (Wildman–Crippen LogP) is 2.17. The van der Waals surface area contributed by atoms with Gasteiger partial charge in [-0.25, -0.2) is 0 Å². The van der Waals surface area contributed by atoms with E-state index >= 15 is 0 Å². The topological polar surface area (TPSA) is 45.7 Å². The summed E-state index contributed by atoms with van der Waals surface area (Å²) in [5.74, 6) is 3.32. The van der Waals surface area contributed by atoms with Gasteiger partial charge in [-0.3, -0.25) is 4.99 Å². The lowest BCUT2D eigenvalue weighted by Crippen LogP contribution is -2.37. The lowest BCUT2D eigenvalue weighted by molar-refractivity contribution is 0.117. The third kappa shape index (κ3) is 8.72. The van der Waals surface area contributed by atoms with Gasteiger partial charge < -0.3 is 15.4 Å². The zero-order valence-corrected chi connectivity index (χ0v) is 12.8. The third-order valence-corrected chi connectivity index (χ3v) is 2.78. The van der Waals surface area contributed by atoms with Crippen LogP contribution in [0.5, 0.6) is 0 Å². The molecule has 0 saturated carbocycles. The first-order valence-corrected chi connectivity index (χ1v) is 7.44. The molecule has 0 radical (unpaired) electrons. The van der Waals surface area contributed by atoms with E-state index in [1.54, 1.807) is 0 Å². The Hall–Kier alpha value is -1.99. The minimum Gasteiger partial charge on any atom is -0.377 e. The van der Waals surface area contributed by atoms with E-state index in [4.69, 9.17) is 11.2 Å². The molecule has 0 aliphatic rings. The molecule has 0 bridgehead atoms. The molecule has 0 aliphatic heterocycles. The number of terminal acetylenes is 1. The lowest BCUT2D eigenvalue weighted by atomic mass is 10.2. The fourth-order valence-electron chi connectivity index (χ4n) is 1.75. The average Bonchev–Trinajstić information content (AvgIpc) is 2.52. The Balaban J connectivity index is 2.08. The Kier molecular flexibility index (Phi) is 9.59. The highest BCUT2D eigenvalue weighted by Crippen LogP contribution is 2.01. The van der Waals surface area contributed by atoms with Crippen LogP contribution >= 0.6 is 0 Å². The highest BCUT2D eigenvalue weighted by atomic mass is 16.5. The van der Waals surface area contributed by atoms with Gasteiger partial charge in [0, 0.05) is 19.7 Å². The summed E-state index contributed by atoms with van der Waals surface area (Å²) in [7, 11) is 0. The molecule has 0 heterocycles. The quantitative estimate of drug-likeness (QED) is 0.317. The number of hydrogen-bond donors (Lipinski definition) is 2. The van der Waals surface area contributed by atoms with Crippen LogP contribution in [0.3, 0.4) is 0 Å². The van der Waals surface area contributed by atoms with Crippen molar-refractivity contribution >= 4 is 5.96 Å². The number of aliphatic imine (C=N–C) groups is 1. The molecule has 1 aromatic rings. The van der Waals surface area contributed by atoms with E-state index in [1.165, 1.54) is 5.56 Å². The van der Waals surface area contributed by atoms with Gasteiger partial charge in [0.15, 0.2) is 5.96 Å². The molecule has 0 saturated heterocycles. The lowest BCUT2D eigenvalue weighted by Gasteiger charge is -2.08. The van der Waals surface area contributed by atoms with Crippen molar-refractivity contribution in [3.63, 3.8) is 0 Å². The van der Waals surface area contributed by atoms with Crippen LogP contribution < -0.4 is 10.6 Å². The Morgan fingerprint density at radius 3 is 2.76 bits per heavy atom. The van der Waals surface area contributed by atoms with Gasteiger partial charge in [0.2, 0.25) is 0 Å². The minimum atomic E-state index is 0.492. The SMILES string of the molecule is C#CCNC(=NCCCCOCc1ccccc1)NCC. The number of ether oxygens (including phenoxy) is 1. The van der Waals surface area contributed by atoms with Gasteiger partial charge in [0.05, 0.1) is 13.2 Å². The maximum absolute atomic E-state index is 5.63. The number of guanidine groups is 1. The van der Waals surface area contributed by atoms with Crippen LogP contribution in [0.25, 0.3) is 0 Å². The number of nitrogens with one attached hydrogen (secondary N) is 2. The van der Waals surface area contributed by atoms with Crippen LogP contribution in [0.4, 0.5) is 0 Å². The second-order valence-electron chi connectivity index (χ2n) is 4.56. The number of hydrogen-bond acceptors (Lipinski definition) is 2. The number of unbranched alkanes of at least 4 members (excludes halogenated alkanes) is 1. The number of benzene rings is 1. The molecule has 1 rings (SSSR count). The van der Waals surface area contributed by atoms with Crippen molar-refractivity contribution in [2.45, 2.75) is 26.4 Å². The van der Waals surface area contributed by atoms with E-state index in [0.717, 1.165) is 38.5 Å². The number of rotatable bonds is 9. The Bertz CT molecular complexity index is 437. The van der Waals surface area contributed by atoms with Crippen LogP contribution in [0.1, 0.15) is 25.3 Å². The van der Waals surface area contributed by atoms with Crippen molar-refractivity contribution in [2.24, 2.45) is 4.99 Å². The first kappa shape index (κ1) is 17.1. The monoisotopic (exact) mass is 287 g/mol. The number of nitrogens with zero attached hydrogens (tertiary/aromatic N) is 1. The van der Waals surface area contributed by atoms with Gasteiger partial charge in [-0.2, -0.15) is 0 Å². The van der Waals surface area contributed by atoms with Crippen LogP contribution in [0.15, 0.2) is 35.3 Å². The van der Waals surface area contributed by atoms with Crippen molar-refractivity contribution in [3.8, 4) is 12.3 Å². The molecule has 0 aromatic heterocycles. The smallest absolute Gasteiger partial charge is 0.192 e. The van der Waals surface area contributed by atoms with Crippen LogP contribution in [0.2, 0.25) is 0 Å². The molecule has 21 heavy (non-hydrogen) atoms. The second kappa shape index (κ2) is 11.8. The molecule has 114 valence electrons. The van der Waals surface area contributed by atoms with E-state index < -0.39 is 0 Å². The summed E-state index contributed by atoms with van der Waals surface area (Å²) in [6.07, 6.45) is 7.23. The van der Waals surface area contributed by atoms with Crippen LogP contribution in [-0.4, -0.2) is 32.2 Å². The average molecular weight is 287 g/mol. The van der Waals surface area contributed by atoms with Gasteiger partial charge >= 0.3 is 0 Å². The fourth-order valence-corrected chi connectivity index (χ4v) is 1.75. The van der Waals surface area contributed by atoms with E-state index in [0.29, 0.717) is 13.2 Å². The summed E-state index contributed by atoms with van der Waals surface area (Å²) in [6, 6.07) is 10.2. The highest BCUT2D eigenvalue weighted by Gasteiger charge is 1.95. The molecule has 0 fully saturated rings. The van der Waals surface area contributed by atoms with E-state index in [-0.39, 0.29) is 0 Å². The standard InChI is InChI=1S/C17H25N3O/c1-3-12-19-17(18-4-2)20-13-8-9-14-21-15-16-10-6-5-7-11-16/h1,5-7,10-11H,4,8-9,12-15H2,2H3,(H2,18,19,20). The van der Waals surface area contributed by atoms with Crippen molar-refractivity contribution in [3.05, 3.63) is 35.9 Å². The molecule has 0 atom stereocenters. The van der Waals surface area contributed by atoms with Gasteiger partial charge in [-0.05, 0) is 25.3 Å². The minimum absolute atomic E-state index is 0.492. The summed E-state index contributed by atoms with van der Waals surface area (Å²) in [5, 5.41) is 6.22. The van der Waals surface area contributed by atoms with E-state index in [1.807, 2.05) is 25.1 Å². The maximum Gasteiger partial charge on any atom is 0.192 e. The van der Waals surface area contributed by atoms with Gasteiger partial charge in [-0.1, -0.05) is 36.3 Å². The molecule has 0 unspecified atom stereocenters. The largest absolute Gasteiger partial charge is 0.377 e. The van der Waals surface area contributed by atoms with Crippen LogP contribution in [-0.2, 0) is 11.3 Å². The fraction of sp³-hybridized carbons (Fsp3) is 0.471. The van der Waals surface area contributed by atoms with E-state index in [2.05, 4.69) is 33.7 Å². The maximum atomic E-state index is 5.63. The molecule has 4 nitrogen and oxygen atoms in total. The molecule has 0 spiro atoms. The summed E-state index contributed by atoms with van der Waals surface area (Å²) in [6.45, 7) is 5.57. The molecular weight excluding hydrogens is 262 g/mol. The Morgan fingerprint density at radius 2 is 2.05 bits per heavy atom. The van der Waals surface area contributed by atoms with Crippen molar-refractivity contribution in [2.75, 3.05) is 26.2 Å². The first-order chi connectivity index (χ1) is 10.4. The van der Waals surface area contributed by atoms with Crippen molar-refractivity contribution < 1.29 is 4.74 Å². The molecule has 2 N–H and O–H groups in total. The van der Waals surface area contributed by atoms with Crippen LogP contribution in [0, 0.1) is 12.3 Å². The molecular formula is C17H25N3O. The second-order valence-corrected chi connectivity index (χ2v) is 4.56. The normalized spacial score (nSPS) is 11.0. The van der Waals surface area contributed by atoms with Crippen molar-refractivity contribution in [1.82, 2.24) is 10.6 Å². The summed E-state index contributed by atoms with van der Waals surface area (Å²) in [4.78, 5) is 4.45. The zero-order valence-electron chi connectivity index (χ0n) is 12.8. The summed E-state index contributed by atoms with van der Waals surface area (Å²) in [5.41, 5.74) is 1.21. The summed E-state index contributed by atoms with van der Waals surface area (Å²) >= 11 is 0. The Morgan fingerprint density at radius 1 is 1.24 bits per heavy atom. The molecule has 0 aliphatic carbocycles. The van der Waals surface area contributed by atoms with Crippen molar-refractivity contribution in [1.29, 1.82) is 0 Å². The van der Waals surface area contributed by atoms with Gasteiger partial charge in [0.25, 0.3) is 0 Å². The Labute approximate surface area is 128 Å². The molecule has 0 amide bonds. The third-order valence-electron chi connectivity index (χ3n) is 2.78. The van der Waals surface area contributed by atoms with Gasteiger partial charge in [0.1, 0.15) is 0 Å². The summed E-state index contributed by atoms with van der Waals surface area (Å²) < 4.78 is 5.63. The molecule has 4 heteroatoms. The van der Waals surface area contributed by atoms with E-state index in [9.17, 15) is 0 Å².